The molecular formula is C14H24N2O3S. The summed E-state index contributed by atoms with van der Waals surface area (Å²) in [4.78, 5) is 11.1. The summed E-state index contributed by atoms with van der Waals surface area (Å²) in [5.41, 5.74) is 1.30. The Morgan fingerprint density at radius 2 is 2.25 bits per heavy atom. The molecule has 1 N–H and O–H groups in total. The summed E-state index contributed by atoms with van der Waals surface area (Å²) in [6, 6.07) is 0. The third-order valence-electron chi connectivity index (χ3n) is 4.25. The highest BCUT2D eigenvalue weighted by Gasteiger charge is 2.31. The summed E-state index contributed by atoms with van der Waals surface area (Å²) in [5, 5.41) is 2.51. The van der Waals surface area contributed by atoms with Gasteiger partial charge in [0.05, 0.1) is 5.75 Å². The van der Waals surface area contributed by atoms with E-state index in [-0.39, 0.29) is 18.1 Å². The average molecular weight is 300 g/mol. The van der Waals surface area contributed by atoms with E-state index in [4.69, 9.17) is 0 Å². The van der Waals surface area contributed by atoms with E-state index >= 15 is 0 Å². The van der Waals surface area contributed by atoms with Gasteiger partial charge in [0.15, 0.2) is 0 Å². The van der Waals surface area contributed by atoms with Crippen LogP contribution in [0.5, 0.6) is 0 Å². The van der Waals surface area contributed by atoms with Crippen LogP contribution in [0.15, 0.2) is 11.6 Å². The molecule has 2 aliphatic rings. The fraction of sp³-hybridized carbons (Fsp3) is 0.786. The first-order valence-electron chi connectivity index (χ1n) is 7.40. The fourth-order valence-corrected chi connectivity index (χ4v) is 4.51. The second-order valence-corrected chi connectivity index (χ2v) is 7.71. The number of carbonyl (C=O) groups excluding carboxylic acids is 1. The molecule has 1 saturated heterocycles. The predicted molar refractivity (Wildman–Crippen MR) is 78.7 cm³/mol. The maximum absolute atomic E-state index is 12.3. The van der Waals surface area contributed by atoms with Crippen molar-refractivity contribution in [1.29, 1.82) is 0 Å². The van der Waals surface area contributed by atoms with Gasteiger partial charge in [-0.25, -0.2) is 8.42 Å². The lowest BCUT2D eigenvalue weighted by Gasteiger charge is -2.35. The van der Waals surface area contributed by atoms with Crippen molar-refractivity contribution in [3.8, 4) is 0 Å². The highest BCUT2D eigenvalue weighted by atomic mass is 32.2. The van der Waals surface area contributed by atoms with Gasteiger partial charge in [0.1, 0.15) is 0 Å². The number of nitrogens with zero attached hydrogens (tertiary/aromatic N) is 1. The van der Waals surface area contributed by atoms with Crippen molar-refractivity contribution in [2.24, 2.45) is 5.92 Å². The summed E-state index contributed by atoms with van der Waals surface area (Å²) < 4.78 is 26.2. The number of allylic oxidation sites excluding steroid dienone is 1. The van der Waals surface area contributed by atoms with Gasteiger partial charge in [-0.05, 0) is 38.0 Å². The Morgan fingerprint density at radius 3 is 3.00 bits per heavy atom. The zero-order valence-electron chi connectivity index (χ0n) is 12.1. The number of hydrogen-bond donors (Lipinski definition) is 1. The molecule has 2 rings (SSSR count). The molecule has 1 unspecified atom stereocenters. The van der Waals surface area contributed by atoms with Crippen molar-refractivity contribution in [3.63, 3.8) is 0 Å². The minimum atomic E-state index is -3.23. The molecule has 0 aromatic rings. The maximum atomic E-state index is 12.3. The van der Waals surface area contributed by atoms with Gasteiger partial charge in [-0.15, -0.1) is 0 Å². The second-order valence-electron chi connectivity index (χ2n) is 5.62. The molecule has 1 aliphatic carbocycles. The summed E-state index contributed by atoms with van der Waals surface area (Å²) >= 11 is 0. The standard InChI is InChI=1S/C14H24N2O3S/c1-15-14(17)7-4-10-20(18,19)16-9-8-12-5-2-3-6-13(12)11-16/h6,12H,2-5,7-11H2,1H3,(H,15,17). The van der Waals surface area contributed by atoms with E-state index in [1.807, 2.05) is 0 Å². The minimum absolute atomic E-state index is 0.0678. The van der Waals surface area contributed by atoms with Crippen molar-refractivity contribution in [3.05, 3.63) is 11.6 Å². The smallest absolute Gasteiger partial charge is 0.219 e. The first-order valence-corrected chi connectivity index (χ1v) is 9.01. The number of nitrogens with one attached hydrogen (secondary N) is 1. The van der Waals surface area contributed by atoms with Crippen molar-refractivity contribution in [2.75, 3.05) is 25.9 Å². The van der Waals surface area contributed by atoms with Gasteiger partial charge in [0, 0.05) is 26.6 Å². The van der Waals surface area contributed by atoms with E-state index in [0.29, 0.717) is 25.4 Å². The van der Waals surface area contributed by atoms with Gasteiger partial charge in [-0.1, -0.05) is 11.6 Å². The molecule has 5 nitrogen and oxygen atoms in total. The molecule has 0 aromatic carbocycles. The maximum Gasteiger partial charge on any atom is 0.219 e. The summed E-state index contributed by atoms with van der Waals surface area (Å²) in [5.74, 6) is 0.563. The number of carbonyl (C=O) groups is 1. The monoisotopic (exact) mass is 300 g/mol. The van der Waals surface area contributed by atoms with Crippen LogP contribution in [0.3, 0.4) is 0 Å². The van der Waals surface area contributed by atoms with Crippen LogP contribution >= 0.6 is 0 Å². The van der Waals surface area contributed by atoms with Crippen LogP contribution < -0.4 is 5.32 Å². The third-order valence-corrected chi connectivity index (χ3v) is 6.15. The lowest BCUT2D eigenvalue weighted by atomic mass is 9.83. The van der Waals surface area contributed by atoms with Gasteiger partial charge in [-0.3, -0.25) is 4.79 Å². The molecule has 0 bridgehead atoms. The zero-order chi connectivity index (χ0) is 14.6. The molecule has 0 aromatic heterocycles. The van der Waals surface area contributed by atoms with Crippen LogP contribution in [-0.2, 0) is 14.8 Å². The number of piperidine rings is 1. The Hall–Kier alpha value is -0.880. The first-order chi connectivity index (χ1) is 9.53. The van der Waals surface area contributed by atoms with E-state index < -0.39 is 10.0 Å². The number of rotatable bonds is 5. The van der Waals surface area contributed by atoms with Gasteiger partial charge >= 0.3 is 0 Å². The molecule has 1 atom stereocenters. The lowest BCUT2D eigenvalue weighted by Crippen LogP contribution is -2.41. The molecule has 0 radical (unpaired) electrons. The summed E-state index contributed by atoms with van der Waals surface area (Å²) in [6.45, 7) is 1.19. The first kappa shape index (κ1) is 15.5. The third kappa shape index (κ3) is 3.82. The van der Waals surface area contributed by atoms with Crippen molar-refractivity contribution in [2.45, 2.75) is 38.5 Å². The molecule has 0 spiro atoms. The van der Waals surface area contributed by atoms with Crippen molar-refractivity contribution in [1.82, 2.24) is 9.62 Å². The van der Waals surface area contributed by atoms with Crippen molar-refractivity contribution >= 4 is 15.9 Å². The Labute approximate surface area is 121 Å². The predicted octanol–water partition coefficient (Wildman–Crippen LogP) is 1.27. The van der Waals surface area contributed by atoms with Crippen LogP contribution in [0.4, 0.5) is 0 Å². The SMILES string of the molecule is CNC(=O)CCCS(=O)(=O)N1CCC2CCCC=C2C1. The van der Waals surface area contributed by atoms with Gasteiger partial charge in [0.25, 0.3) is 0 Å². The van der Waals surface area contributed by atoms with Crippen molar-refractivity contribution < 1.29 is 13.2 Å². The number of fused-ring (bicyclic) bond motifs is 1. The quantitative estimate of drug-likeness (QED) is 0.778. The molecule has 20 heavy (non-hydrogen) atoms. The zero-order valence-corrected chi connectivity index (χ0v) is 12.9. The Morgan fingerprint density at radius 1 is 1.45 bits per heavy atom. The number of hydrogen-bond acceptors (Lipinski definition) is 3. The van der Waals surface area contributed by atoms with E-state index in [2.05, 4.69) is 11.4 Å². The molecule has 114 valence electrons. The molecule has 0 saturated carbocycles. The second kappa shape index (κ2) is 6.72. The highest BCUT2D eigenvalue weighted by molar-refractivity contribution is 7.89. The topological polar surface area (TPSA) is 66.5 Å². The summed E-state index contributed by atoms with van der Waals surface area (Å²) in [7, 11) is -1.66. The van der Waals surface area contributed by atoms with Gasteiger partial charge in [-0.2, -0.15) is 4.31 Å². The largest absolute Gasteiger partial charge is 0.359 e. The van der Waals surface area contributed by atoms with Crippen LogP contribution in [0.25, 0.3) is 0 Å². The summed E-state index contributed by atoms with van der Waals surface area (Å²) in [6.07, 6.45) is 7.34. The number of amides is 1. The van der Waals surface area contributed by atoms with E-state index in [1.165, 1.54) is 18.4 Å². The van der Waals surface area contributed by atoms with E-state index in [1.54, 1.807) is 11.4 Å². The van der Waals surface area contributed by atoms with Crippen LogP contribution in [0, 0.1) is 5.92 Å². The molecular weight excluding hydrogens is 276 g/mol. The van der Waals surface area contributed by atoms with Gasteiger partial charge in [0.2, 0.25) is 15.9 Å². The Bertz CT molecular complexity index is 485. The molecule has 1 fully saturated rings. The molecule has 1 amide bonds. The van der Waals surface area contributed by atoms with Crippen LogP contribution in [0.1, 0.15) is 38.5 Å². The average Bonchev–Trinajstić information content (AvgIpc) is 2.46. The highest BCUT2D eigenvalue weighted by Crippen LogP contribution is 2.32. The molecule has 1 aliphatic heterocycles. The normalized spacial score (nSPS) is 23.9. The fourth-order valence-electron chi connectivity index (χ4n) is 3.02. The lowest BCUT2D eigenvalue weighted by molar-refractivity contribution is -0.120. The van der Waals surface area contributed by atoms with Crippen LogP contribution in [0.2, 0.25) is 0 Å². The van der Waals surface area contributed by atoms with E-state index in [9.17, 15) is 13.2 Å². The van der Waals surface area contributed by atoms with Crippen LogP contribution in [-0.4, -0.2) is 44.5 Å². The molecule has 6 heteroatoms. The van der Waals surface area contributed by atoms with E-state index in [0.717, 1.165) is 12.8 Å². The minimum Gasteiger partial charge on any atom is -0.359 e. The van der Waals surface area contributed by atoms with Gasteiger partial charge < -0.3 is 5.32 Å². The number of sulfonamides is 1. The molecule has 1 heterocycles. The Balaban J connectivity index is 1.89. The Kier molecular flexibility index (Phi) is 5.21.